The number of ether oxygens (including phenoxy) is 2. The first-order chi connectivity index (χ1) is 9.76. The molecule has 0 amide bonds. The third kappa shape index (κ3) is 2.99. The van der Waals surface area contributed by atoms with Crippen LogP contribution in [0.5, 0.6) is 5.75 Å². The summed E-state index contributed by atoms with van der Waals surface area (Å²) in [6, 6.07) is 6.46. The van der Waals surface area contributed by atoms with Crippen molar-refractivity contribution in [2.45, 2.75) is 45.3 Å². The second-order valence-corrected chi connectivity index (χ2v) is 6.08. The molecule has 0 spiro atoms. The van der Waals surface area contributed by atoms with Crippen LogP contribution in [0.3, 0.4) is 0 Å². The lowest BCUT2D eigenvalue weighted by molar-refractivity contribution is 0.0865. The highest BCUT2D eigenvalue weighted by Gasteiger charge is 2.27. The topological polar surface area (TPSA) is 30.5 Å². The zero-order valence-corrected chi connectivity index (χ0v) is 12.5. The predicted octanol–water partition coefficient (Wildman–Crippen LogP) is 2.70. The number of hydrogen-bond donors (Lipinski definition) is 1. The monoisotopic (exact) mass is 275 g/mol. The third-order valence-electron chi connectivity index (χ3n) is 4.48. The Hall–Kier alpha value is -1.06. The van der Waals surface area contributed by atoms with E-state index in [4.69, 9.17) is 9.47 Å². The Kier molecular flexibility index (Phi) is 4.27. The summed E-state index contributed by atoms with van der Waals surface area (Å²) in [6.45, 7) is 7.25. The van der Waals surface area contributed by atoms with Crippen LogP contribution in [0.4, 0.5) is 0 Å². The van der Waals surface area contributed by atoms with Gasteiger partial charge in [-0.1, -0.05) is 24.6 Å². The molecule has 3 rings (SSSR count). The minimum atomic E-state index is 0.286. The van der Waals surface area contributed by atoms with Gasteiger partial charge in [-0.15, -0.1) is 0 Å². The van der Waals surface area contributed by atoms with Crippen molar-refractivity contribution in [1.82, 2.24) is 5.32 Å². The molecule has 1 fully saturated rings. The van der Waals surface area contributed by atoms with Crippen LogP contribution < -0.4 is 10.1 Å². The van der Waals surface area contributed by atoms with Crippen molar-refractivity contribution in [3.8, 4) is 5.75 Å². The van der Waals surface area contributed by atoms with Gasteiger partial charge in [0.05, 0.1) is 6.10 Å². The van der Waals surface area contributed by atoms with E-state index in [1.165, 1.54) is 17.5 Å². The zero-order valence-electron chi connectivity index (χ0n) is 12.5. The smallest absolute Gasteiger partial charge is 0.123 e. The van der Waals surface area contributed by atoms with Crippen molar-refractivity contribution in [3.63, 3.8) is 0 Å². The molecule has 3 unspecified atom stereocenters. The van der Waals surface area contributed by atoms with E-state index in [1.807, 2.05) is 0 Å². The first-order valence-corrected chi connectivity index (χ1v) is 7.84. The molecule has 2 aliphatic heterocycles. The minimum Gasteiger partial charge on any atom is -0.488 e. The first kappa shape index (κ1) is 13.9. The second-order valence-electron chi connectivity index (χ2n) is 6.08. The number of aryl methyl sites for hydroxylation is 1. The van der Waals surface area contributed by atoms with Gasteiger partial charge in [0.1, 0.15) is 11.9 Å². The largest absolute Gasteiger partial charge is 0.488 e. The summed E-state index contributed by atoms with van der Waals surface area (Å²) in [5.41, 5.74) is 2.67. The normalized spacial score (nSPS) is 28.4. The van der Waals surface area contributed by atoms with Crippen LogP contribution in [-0.2, 0) is 11.2 Å². The molecular formula is C17H25NO2. The van der Waals surface area contributed by atoms with Crippen LogP contribution in [0.25, 0.3) is 0 Å². The second kappa shape index (κ2) is 6.15. The van der Waals surface area contributed by atoms with Crippen LogP contribution in [-0.4, -0.2) is 31.9 Å². The summed E-state index contributed by atoms with van der Waals surface area (Å²) >= 11 is 0. The third-order valence-corrected chi connectivity index (χ3v) is 4.48. The first-order valence-electron chi connectivity index (χ1n) is 7.84. The molecule has 1 aromatic rings. The minimum absolute atomic E-state index is 0.286. The average molecular weight is 275 g/mol. The average Bonchev–Trinajstić information content (AvgIpc) is 3.04. The fraction of sp³-hybridized carbons (Fsp3) is 0.647. The molecule has 0 bridgehead atoms. The molecule has 20 heavy (non-hydrogen) atoms. The molecule has 0 aliphatic carbocycles. The molecule has 2 heterocycles. The Morgan fingerprint density at radius 3 is 3.05 bits per heavy atom. The molecule has 3 nitrogen and oxygen atoms in total. The highest BCUT2D eigenvalue weighted by atomic mass is 16.5. The maximum atomic E-state index is 5.99. The van der Waals surface area contributed by atoms with E-state index in [0.717, 1.165) is 38.3 Å². The Bertz CT molecular complexity index is 460. The van der Waals surface area contributed by atoms with Crippen molar-refractivity contribution in [1.29, 1.82) is 0 Å². The lowest BCUT2D eigenvalue weighted by Gasteiger charge is -2.18. The summed E-state index contributed by atoms with van der Waals surface area (Å²) in [4.78, 5) is 0. The van der Waals surface area contributed by atoms with Crippen molar-refractivity contribution in [3.05, 3.63) is 29.3 Å². The molecule has 1 saturated heterocycles. The van der Waals surface area contributed by atoms with E-state index in [2.05, 4.69) is 37.4 Å². The standard InChI is InChI=1S/C17H25NO2/c1-3-16-13(6-7-19-16)10-18-11-15-9-14-8-12(2)4-5-17(14)20-15/h4-5,8,13,15-16,18H,3,6-7,9-11H2,1-2H3. The summed E-state index contributed by atoms with van der Waals surface area (Å²) in [7, 11) is 0. The lowest BCUT2D eigenvalue weighted by Crippen LogP contribution is -2.35. The Labute approximate surface area is 121 Å². The Balaban J connectivity index is 1.45. The Morgan fingerprint density at radius 1 is 1.30 bits per heavy atom. The van der Waals surface area contributed by atoms with E-state index >= 15 is 0 Å². The van der Waals surface area contributed by atoms with Gasteiger partial charge < -0.3 is 14.8 Å². The Morgan fingerprint density at radius 2 is 2.20 bits per heavy atom. The summed E-state index contributed by atoms with van der Waals surface area (Å²) in [6.07, 6.45) is 4.08. The van der Waals surface area contributed by atoms with Gasteiger partial charge in [0.25, 0.3) is 0 Å². The van der Waals surface area contributed by atoms with Gasteiger partial charge in [-0.2, -0.15) is 0 Å². The maximum absolute atomic E-state index is 5.99. The number of benzene rings is 1. The van der Waals surface area contributed by atoms with Gasteiger partial charge in [0, 0.05) is 26.1 Å². The lowest BCUT2D eigenvalue weighted by atomic mass is 9.99. The summed E-state index contributed by atoms with van der Waals surface area (Å²) < 4.78 is 11.7. The van der Waals surface area contributed by atoms with Crippen molar-refractivity contribution in [2.75, 3.05) is 19.7 Å². The SMILES string of the molecule is CCC1OCCC1CNCC1Cc2cc(C)ccc2O1. The molecule has 0 saturated carbocycles. The maximum Gasteiger partial charge on any atom is 0.123 e. The number of nitrogens with one attached hydrogen (secondary N) is 1. The van der Waals surface area contributed by atoms with Crippen LogP contribution in [0.2, 0.25) is 0 Å². The molecule has 0 aromatic heterocycles. The van der Waals surface area contributed by atoms with Crippen LogP contribution in [0.1, 0.15) is 30.9 Å². The van der Waals surface area contributed by atoms with Gasteiger partial charge >= 0.3 is 0 Å². The van der Waals surface area contributed by atoms with Crippen LogP contribution in [0.15, 0.2) is 18.2 Å². The molecular weight excluding hydrogens is 250 g/mol. The highest BCUT2D eigenvalue weighted by molar-refractivity contribution is 5.40. The summed E-state index contributed by atoms with van der Waals surface area (Å²) in [5, 5.41) is 3.58. The van der Waals surface area contributed by atoms with Gasteiger partial charge in [0.2, 0.25) is 0 Å². The van der Waals surface area contributed by atoms with Gasteiger partial charge in [0.15, 0.2) is 0 Å². The van der Waals surface area contributed by atoms with E-state index in [0.29, 0.717) is 12.0 Å². The fourth-order valence-corrected chi connectivity index (χ4v) is 3.37. The number of rotatable bonds is 5. The highest BCUT2D eigenvalue weighted by Crippen LogP contribution is 2.29. The quantitative estimate of drug-likeness (QED) is 0.896. The molecule has 1 aromatic carbocycles. The van der Waals surface area contributed by atoms with Crippen LogP contribution in [0, 0.1) is 12.8 Å². The molecule has 1 N–H and O–H groups in total. The van der Waals surface area contributed by atoms with E-state index in [-0.39, 0.29) is 6.10 Å². The van der Waals surface area contributed by atoms with Crippen molar-refractivity contribution >= 4 is 0 Å². The van der Waals surface area contributed by atoms with Gasteiger partial charge in [-0.25, -0.2) is 0 Å². The van der Waals surface area contributed by atoms with Gasteiger partial charge in [-0.3, -0.25) is 0 Å². The molecule has 3 heteroatoms. The zero-order chi connectivity index (χ0) is 13.9. The fourth-order valence-electron chi connectivity index (χ4n) is 3.37. The molecule has 2 aliphatic rings. The van der Waals surface area contributed by atoms with E-state index < -0.39 is 0 Å². The molecule has 110 valence electrons. The summed E-state index contributed by atoms with van der Waals surface area (Å²) in [5.74, 6) is 1.74. The molecule has 3 atom stereocenters. The van der Waals surface area contributed by atoms with Crippen molar-refractivity contribution in [2.24, 2.45) is 5.92 Å². The van der Waals surface area contributed by atoms with E-state index in [9.17, 15) is 0 Å². The van der Waals surface area contributed by atoms with Gasteiger partial charge in [-0.05, 0) is 37.3 Å². The molecule has 0 radical (unpaired) electrons. The predicted molar refractivity (Wildman–Crippen MR) is 80.3 cm³/mol. The van der Waals surface area contributed by atoms with Crippen molar-refractivity contribution < 1.29 is 9.47 Å². The number of fused-ring (bicyclic) bond motifs is 1. The van der Waals surface area contributed by atoms with Crippen LogP contribution >= 0.6 is 0 Å². The number of hydrogen-bond acceptors (Lipinski definition) is 3. The van der Waals surface area contributed by atoms with E-state index in [1.54, 1.807) is 0 Å².